The summed E-state index contributed by atoms with van der Waals surface area (Å²) in [5.74, 6) is 0.150. The Kier molecular flexibility index (Phi) is 10.1. The lowest BCUT2D eigenvalue weighted by molar-refractivity contribution is -0.113. The number of carbonyl (C=O) groups excluding carboxylic acids is 2. The number of hydrogen-bond acceptors (Lipinski definition) is 5. The molecule has 0 saturated heterocycles. The Morgan fingerprint density at radius 1 is 0.927 bits per heavy atom. The highest BCUT2D eigenvalue weighted by Crippen LogP contribution is 2.34. The van der Waals surface area contributed by atoms with Gasteiger partial charge in [-0.1, -0.05) is 60.1 Å². The van der Waals surface area contributed by atoms with Gasteiger partial charge in [0.25, 0.3) is 5.91 Å². The molecule has 0 bridgehead atoms. The minimum Gasteiger partial charge on any atom is -0.491 e. The van der Waals surface area contributed by atoms with Crippen molar-refractivity contribution < 1.29 is 23.8 Å². The van der Waals surface area contributed by atoms with Crippen LogP contribution in [0.1, 0.15) is 39.2 Å². The van der Waals surface area contributed by atoms with Gasteiger partial charge in [0, 0.05) is 43.3 Å². The van der Waals surface area contributed by atoms with E-state index in [4.69, 9.17) is 25.8 Å². The molecule has 0 spiro atoms. The molecule has 3 aromatic carbocycles. The van der Waals surface area contributed by atoms with E-state index in [9.17, 15) is 9.59 Å². The van der Waals surface area contributed by atoms with Crippen LogP contribution in [0.2, 0.25) is 5.02 Å². The zero-order valence-corrected chi connectivity index (χ0v) is 24.8. The topological polar surface area (TPSA) is 77.1 Å². The van der Waals surface area contributed by atoms with Gasteiger partial charge in [0.05, 0.1) is 18.8 Å². The molecule has 0 fully saturated rings. The first kappa shape index (κ1) is 30.2. The lowest BCUT2D eigenvalue weighted by atomic mass is 9.91. The first-order valence-electron chi connectivity index (χ1n) is 13.7. The molecule has 8 heteroatoms. The molecule has 2 amide bonds. The number of nitrogens with zero attached hydrogens (tertiary/aromatic N) is 1. The van der Waals surface area contributed by atoms with Crippen molar-refractivity contribution in [2.75, 3.05) is 38.7 Å². The summed E-state index contributed by atoms with van der Waals surface area (Å²) in [6.45, 7) is 6.99. The Bertz CT molecular complexity index is 1400. The molecule has 0 radical (unpaired) electrons. The van der Waals surface area contributed by atoms with Gasteiger partial charge in [-0.05, 0) is 67.7 Å². The highest BCUT2D eigenvalue weighted by molar-refractivity contribution is 6.30. The molecule has 1 aliphatic heterocycles. The van der Waals surface area contributed by atoms with Crippen LogP contribution >= 0.6 is 11.6 Å². The van der Waals surface area contributed by atoms with Crippen LogP contribution in [-0.4, -0.2) is 55.9 Å². The number of halogens is 1. The zero-order valence-electron chi connectivity index (χ0n) is 24.0. The van der Waals surface area contributed by atoms with Crippen molar-refractivity contribution in [3.8, 4) is 16.9 Å². The highest BCUT2D eigenvalue weighted by Gasteiger charge is 2.31. The number of carbonyl (C=O) groups is 2. The summed E-state index contributed by atoms with van der Waals surface area (Å²) in [7, 11) is 1.64. The van der Waals surface area contributed by atoms with Gasteiger partial charge in [-0.2, -0.15) is 0 Å². The van der Waals surface area contributed by atoms with Crippen LogP contribution in [0.25, 0.3) is 16.7 Å². The predicted octanol–water partition coefficient (Wildman–Crippen LogP) is 7.46. The van der Waals surface area contributed by atoms with Crippen LogP contribution in [0.5, 0.6) is 5.75 Å². The number of benzene rings is 3. The van der Waals surface area contributed by atoms with E-state index in [1.165, 1.54) is 0 Å². The van der Waals surface area contributed by atoms with Gasteiger partial charge in [-0.25, -0.2) is 4.79 Å². The molecule has 1 N–H and O–H groups in total. The first-order chi connectivity index (χ1) is 19.6. The Hall–Kier alpha value is -3.81. The fourth-order valence-corrected chi connectivity index (χ4v) is 4.75. The molecular weight excluding hydrogens is 540 g/mol. The molecule has 4 rings (SSSR count). The molecule has 0 unspecified atom stereocenters. The number of methoxy groups -OCH3 is 1. The van der Waals surface area contributed by atoms with E-state index in [1.807, 2.05) is 51.1 Å². The standard InChI is InChI=1S/C33H37ClN2O5/c1-33(2,3)41-32(38)36-17-16-27(25-13-8-12-24(20-25)23-10-6-5-7-11-23)28(22-36)31(37)35-29-15-14-26(34)21-30(29)40-19-9-18-39-4/h5-8,10-15,20-21H,9,16-19,22H2,1-4H3,(H,35,37). The molecule has 0 aliphatic carbocycles. The summed E-state index contributed by atoms with van der Waals surface area (Å²) in [6.07, 6.45) is 0.740. The van der Waals surface area contributed by atoms with Crippen molar-refractivity contribution in [1.82, 2.24) is 4.90 Å². The van der Waals surface area contributed by atoms with E-state index in [0.29, 0.717) is 54.6 Å². The number of ether oxygens (including phenoxy) is 3. The molecule has 41 heavy (non-hydrogen) atoms. The van der Waals surface area contributed by atoms with Gasteiger partial charge in [0.1, 0.15) is 11.4 Å². The van der Waals surface area contributed by atoms with Crippen LogP contribution in [0, 0.1) is 0 Å². The second-order valence-corrected chi connectivity index (χ2v) is 11.3. The van der Waals surface area contributed by atoms with E-state index in [1.54, 1.807) is 30.2 Å². The number of rotatable bonds is 9. The van der Waals surface area contributed by atoms with Gasteiger partial charge in [0.2, 0.25) is 0 Å². The zero-order chi connectivity index (χ0) is 29.4. The van der Waals surface area contributed by atoms with Crippen LogP contribution in [0.15, 0.2) is 78.4 Å². The van der Waals surface area contributed by atoms with Crippen LogP contribution in [0.3, 0.4) is 0 Å². The maximum Gasteiger partial charge on any atom is 0.410 e. The highest BCUT2D eigenvalue weighted by atomic mass is 35.5. The second kappa shape index (κ2) is 13.7. The lowest BCUT2D eigenvalue weighted by Gasteiger charge is -2.32. The third-order valence-electron chi connectivity index (χ3n) is 6.53. The van der Waals surface area contributed by atoms with Crippen molar-refractivity contribution in [2.45, 2.75) is 39.2 Å². The molecule has 0 saturated carbocycles. The molecule has 7 nitrogen and oxygen atoms in total. The molecule has 216 valence electrons. The molecule has 1 heterocycles. The van der Waals surface area contributed by atoms with Gasteiger partial charge in [0.15, 0.2) is 0 Å². The fraction of sp³-hybridized carbons (Fsp3) is 0.333. The molecule has 0 atom stereocenters. The summed E-state index contributed by atoms with van der Waals surface area (Å²) < 4.78 is 16.6. The quantitative estimate of drug-likeness (QED) is 0.268. The van der Waals surface area contributed by atoms with E-state index in [0.717, 1.165) is 22.3 Å². The molecule has 0 aromatic heterocycles. The summed E-state index contributed by atoms with van der Waals surface area (Å²) in [5.41, 5.74) is 4.30. The molecule has 1 aliphatic rings. The predicted molar refractivity (Wildman–Crippen MR) is 163 cm³/mol. The summed E-state index contributed by atoms with van der Waals surface area (Å²) in [6, 6.07) is 23.3. The Morgan fingerprint density at radius 3 is 2.39 bits per heavy atom. The number of amides is 2. The summed E-state index contributed by atoms with van der Waals surface area (Å²) in [4.78, 5) is 28.5. The maximum atomic E-state index is 13.9. The largest absolute Gasteiger partial charge is 0.491 e. The van der Waals surface area contributed by atoms with Crippen LogP contribution < -0.4 is 10.1 Å². The Labute approximate surface area is 247 Å². The minimum absolute atomic E-state index is 0.114. The van der Waals surface area contributed by atoms with Crippen molar-refractivity contribution in [3.05, 3.63) is 89.0 Å². The number of nitrogens with one attached hydrogen (secondary N) is 1. The Morgan fingerprint density at radius 2 is 1.66 bits per heavy atom. The number of hydrogen-bond donors (Lipinski definition) is 1. The minimum atomic E-state index is -0.647. The van der Waals surface area contributed by atoms with E-state index in [-0.39, 0.29) is 12.5 Å². The van der Waals surface area contributed by atoms with Crippen molar-refractivity contribution in [2.24, 2.45) is 0 Å². The lowest BCUT2D eigenvalue weighted by Crippen LogP contribution is -2.42. The van der Waals surface area contributed by atoms with Crippen LogP contribution in [0.4, 0.5) is 10.5 Å². The van der Waals surface area contributed by atoms with Gasteiger partial charge >= 0.3 is 6.09 Å². The SMILES string of the molecule is COCCCOc1cc(Cl)ccc1NC(=O)C1=C(c2cccc(-c3ccccc3)c2)CCN(C(=O)OC(C)(C)C)C1. The van der Waals surface area contributed by atoms with Gasteiger partial charge in [-0.3, -0.25) is 4.79 Å². The van der Waals surface area contributed by atoms with Gasteiger partial charge in [-0.15, -0.1) is 0 Å². The Balaban J connectivity index is 1.68. The fourth-order valence-electron chi connectivity index (χ4n) is 4.59. The molecular formula is C33H37ClN2O5. The second-order valence-electron chi connectivity index (χ2n) is 10.8. The van der Waals surface area contributed by atoms with Crippen molar-refractivity contribution >= 4 is 34.9 Å². The van der Waals surface area contributed by atoms with Crippen molar-refractivity contribution in [1.29, 1.82) is 0 Å². The normalized spacial score (nSPS) is 13.6. The van der Waals surface area contributed by atoms with Crippen LogP contribution in [-0.2, 0) is 14.3 Å². The monoisotopic (exact) mass is 576 g/mol. The third-order valence-corrected chi connectivity index (χ3v) is 6.77. The average Bonchev–Trinajstić information content (AvgIpc) is 2.96. The molecule has 3 aromatic rings. The smallest absolute Gasteiger partial charge is 0.410 e. The van der Waals surface area contributed by atoms with E-state index in [2.05, 4.69) is 29.6 Å². The first-order valence-corrected chi connectivity index (χ1v) is 14.1. The van der Waals surface area contributed by atoms with E-state index < -0.39 is 11.7 Å². The average molecular weight is 577 g/mol. The van der Waals surface area contributed by atoms with E-state index >= 15 is 0 Å². The van der Waals surface area contributed by atoms with Crippen molar-refractivity contribution in [3.63, 3.8) is 0 Å². The van der Waals surface area contributed by atoms with Gasteiger partial charge < -0.3 is 24.4 Å². The number of anilines is 1. The summed E-state index contributed by atoms with van der Waals surface area (Å²) >= 11 is 6.23. The third kappa shape index (κ3) is 8.35. The summed E-state index contributed by atoms with van der Waals surface area (Å²) in [5, 5.41) is 3.51. The maximum absolute atomic E-state index is 13.9.